The lowest BCUT2D eigenvalue weighted by Gasteiger charge is -2.19. The maximum atomic E-state index is 12.8. The fraction of sp³-hybridized carbons (Fsp3) is 0.375. The normalized spacial score (nSPS) is 24.2. The Morgan fingerprint density at radius 1 is 1.36 bits per heavy atom. The number of rotatable bonds is 3. The SMILES string of the molecule is C=CC(=O)Nc1ccc(O)c(C(=O)N=S2(=O)CCC3(C2)OCCO3)c1. The molecule has 2 amide bonds. The van der Waals surface area contributed by atoms with Crippen LogP contribution in [0.5, 0.6) is 5.75 Å². The zero-order chi connectivity index (χ0) is 18.1. The van der Waals surface area contributed by atoms with Gasteiger partial charge in [-0.05, 0) is 24.3 Å². The molecule has 1 unspecified atom stereocenters. The second-order valence-electron chi connectivity index (χ2n) is 5.80. The highest BCUT2D eigenvalue weighted by atomic mass is 32.2. The van der Waals surface area contributed by atoms with Crippen LogP contribution >= 0.6 is 0 Å². The van der Waals surface area contributed by atoms with Gasteiger partial charge < -0.3 is 19.9 Å². The number of carbonyl (C=O) groups is 2. The summed E-state index contributed by atoms with van der Waals surface area (Å²) in [5.41, 5.74) is 0.153. The van der Waals surface area contributed by atoms with E-state index in [9.17, 15) is 18.9 Å². The van der Waals surface area contributed by atoms with Crippen molar-refractivity contribution in [2.45, 2.75) is 12.2 Å². The van der Waals surface area contributed by atoms with Crippen LogP contribution < -0.4 is 5.32 Å². The van der Waals surface area contributed by atoms with Gasteiger partial charge in [-0.2, -0.15) is 4.36 Å². The van der Waals surface area contributed by atoms with Crippen molar-refractivity contribution in [3.8, 4) is 5.75 Å². The molecule has 0 aliphatic carbocycles. The Balaban J connectivity index is 1.85. The lowest BCUT2D eigenvalue weighted by Crippen LogP contribution is -2.31. The molecule has 2 aliphatic heterocycles. The van der Waals surface area contributed by atoms with Crippen molar-refractivity contribution in [1.29, 1.82) is 0 Å². The lowest BCUT2D eigenvalue weighted by molar-refractivity contribution is -0.134. The number of phenolic OH excluding ortho intramolecular Hbond substituents is 1. The number of benzene rings is 1. The van der Waals surface area contributed by atoms with E-state index in [0.717, 1.165) is 6.08 Å². The molecule has 2 N–H and O–H groups in total. The Bertz CT molecular complexity index is 850. The van der Waals surface area contributed by atoms with Crippen LogP contribution in [0.2, 0.25) is 0 Å². The zero-order valence-electron chi connectivity index (χ0n) is 13.4. The molecule has 2 aliphatic rings. The molecule has 1 atom stereocenters. The lowest BCUT2D eigenvalue weighted by atomic mass is 10.1. The molecule has 0 radical (unpaired) electrons. The van der Waals surface area contributed by atoms with Crippen LogP contribution in [0.4, 0.5) is 5.69 Å². The predicted molar refractivity (Wildman–Crippen MR) is 90.8 cm³/mol. The maximum absolute atomic E-state index is 12.8. The molecular weight excluding hydrogens is 348 g/mol. The van der Waals surface area contributed by atoms with Gasteiger partial charge in [0, 0.05) is 17.9 Å². The van der Waals surface area contributed by atoms with Crippen LogP contribution in [0.25, 0.3) is 0 Å². The Morgan fingerprint density at radius 2 is 2.08 bits per heavy atom. The average Bonchev–Trinajstić information content (AvgIpc) is 3.16. The topological polar surface area (TPSA) is 114 Å². The minimum Gasteiger partial charge on any atom is -0.507 e. The Kier molecular flexibility index (Phi) is 4.63. The van der Waals surface area contributed by atoms with Gasteiger partial charge in [-0.1, -0.05) is 6.58 Å². The first-order valence-electron chi connectivity index (χ1n) is 7.66. The summed E-state index contributed by atoms with van der Waals surface area (Å²) >= 11 is 0. The summed E-state index contributed by atoms with van der Waals surface area (Å²) in [6.45, 7) is 4.19. The molecule has 3 rings (SSSR count). The van der Waals surface area contributed by atoms with Crippen molar-refractivity contribution in [2.75, 3.05) is 30.0 Å². The summed E-state index contributed by atoms with van der Waals surface area (Å²) in [4.78, 5) is 23.8. The molecule has 9 heteroatoms. The van der Waals surface area contributed by atoms with Crippen LogP contribution in [-0.4, -0.2) is 51.6 Å². The first-order valence-corrected chi connectivity index (χ1v) is 9.51. The molecule has 2 heterocycles. The zero-order valence-corrected chi connectivity index (χ0v) is 14.2. The van der Waals surface area contributed by atoms with Crippen LogP contribution in [-0.2, 0) is 24.0 Å². The molecule has 1 aromatic rings. The number of phenols is 1. The molecule has 25 heavy (non-hydrogen) atoms. The van der Waals surface area contributed by atoms with Gasteiger partial charge in [-0.15, -0.1) is 0 Å². The summed E-state index contributed by atoms with van der Waals surface area (Å²) < 4.78 is 27.7. The Hall–Kier alpha value is -2.23. The summed E-state index contributed by atoms with van der Waals surface area (Å²) in [6.07, 6.45) is 1.49. The highest BCUT2D eigenvalue weighted by molar-refractivity contribution is 7.94. The maximum Gasteiger partial charge on any atom is 0.288 e. The quantitative estimate of drug-likeness (QED) is 0.615. The third kappa shape index (κ3) is 3.73. The number of carbonyl (C=O) groups excluding carboxylic acids is 2. The van der Waals surface area contributed by atoms with Crippen molar-refractivity contribution < 1.29 is 28.4 Å². The van der Waals surface area contributed by atoms with Gasteiger partial charge in [0.05, 0.1) is 34.3 Å². The standard InChI is InChI=1S/C16H18N2O6S/c1-2-14(20)17-11-3-4-13(19)12(9-11)15(21)18-25(22)8-5-16(10-25)23-6-7-24-16/h2-4,9,19H,1,5-8,10H2,(H,17,20). The van der Waals surface area contributed by atoms with Gasteiger partial charge in [0.1, 0.15) is 5.75 Å². The van der Waals surface area contributed by atoms with E-state index in [0.29, 0.717) is 25.3 Å². The van der Waals surface area contributed by atoms with E-state index in [2.05, 4.69) is 16.3 Å². The van der Waals surface area contributed by atoms with Gasteiger partial charge in [0.2, 0.25) is 5.91 Å². The smallest absolute Gasteiger partial charge is 0.288 e. The van der Waals surface area contributed by atoms with Gasteiger partial charge >= 0.3 is 0 Å². The number of aromatic hydroxyl groups is 1. The van der Waals surface area contributed by atoms with Crippen LogP contribution in [0.15, 0.2) is 35.2 Å². The van der Waals surface area contributed by atoms with Crippen molar-refractivity contribution in [2.24, 2.45) is 4.36 Å². The van der Waals surface area contributed by atoms with E-state index in [1.54, 1.807) is 0 Å². The van der Waals surface area contributed by atoms with Crippen LogP contribution in [0, 0.1) is 0 Å². The first kappa shape index (κ1) is 17.6. The third-order valence-electron chi connectivity index (χ3n) is 3.99. The molecule has 8 nitrogen and oxygen atoms in total. The van der Waals surface area contributed by atoms with Gasteiger partial charge in [0.15, 0.2) is 5.79 Å². The monoisotopic (exact) mass is 366 g/mol. The minimum atomic E-state index is -2.84. The number of nitrogens with one attached hydrogen (secondary N) is 1. The van der Waals surface area contributed by atoms with Crippen molar-refractivity contribution in [1.82, 2.24) is 0 Å². The summed E-state index contributed by atoms with van der Waals surface area (Å²) in [6, 6.07) is 3.96. The molecule has 2 fully saturated rings. The van der Waals surface area contributed by atoms with E-state index in [-0.39, 0.29) is 22.8 Å². The largest absolute Gasteiger partial charge is 0.507 e. The van der Waals surface area contributed by atoms with E-state index in [4.69, 9.17) is 9.47 Å². The molecule has 0 saturated carbocycles. The molecule has 1 spiro atoms. The number of anilines is 1. The van der Waals surface area contributed by atoms with Crippen LogP contribution in [0.3, 0.4) is 0 Å². The Morgan fingerprint density at radius 3 is 2.76 bits per heavy atom. The van der Waals surface area contributed by atoms with Crippen molar-refractivity contribution >= 4 is 27.2 Å². The van der Waals surface area contributed by atoms with E-state index < -0.39 is 27.3 Å². The molecule has 134 valence electrons. The third-order valence-corrected chi connectivity index (χ3v) is 6.22. The van der Waals surface area contributed by atoms with Crippen molar-refractivity contribution in [3.63, 3.8) is 0 Å². The van der Waals surface area contributed by atoms with Gasteiger partial charge in [-0.3, -0.25) is 9.59 Å². The fourth-order valence-electron chi connectivity index (χ4n) is 2.78. The molecule has 1 aromatic carbocycles. The van der Waals surface area contributed by atoms with E-state index in [1.807, 2.05) is 0 Å². The molecule has 0 bridgehead atoms. The molecule has 0 aromatic heterocycles. The first-order chi connectivity index (χ1) is 11.8. The Labute approximate surface area is 145 Å². The second kappa shape index (κ2) is 6.58. The predicted octanol–water partition coefficient (Wildman–Crippen LogP) is 1.27. The number of amides is 2. The number of hydrogen-bond donors (Lipinski definition) is 2. The van der Waals surface area contributed by atoms with Crippen molar-refractivity contribution in [3.05, 3.63) is 36.4 Å². The van der Waals surface area contributed by atoms with E-state index in [1.165, 1.54) is 18.2 Å². The number of hydrogen-bond acceptors (Lipinski definition) is 6. The van der Waals surface area contributed by atoms with Crippen LogP contribution in [0.1, 0.15) is 16.8 Å². The molecule has 2 saturated heterocycles. The number of nitrogens with zero attached hydrogens (tertiary/aromatic N) is 1. The van der Waals surface area contributed by atoms with Gasteiger partial charge in [-0.25, -0.2) is 4.21 Å². The summed E-state index contributed by atoms with van der Waals surface area (Å²) in [5.74, 6) is -2.28. The fourth-order valence-corrected chi connectivity index (χ4v) is 5.11. The minimum absolute atomic E-state index is 0.0272. The summed E-state index contributed by atoms with van der Waals surface area (Å²) in [7, 11) is -2.84. The highest BCUT2D eigenvalue weighted by Crippen LogP contribution is 2.33. The van der Waals surface area contributed by atoms with E-state index >= 15 is 0 Å². The summed E-state index contributed by atoms with van der Waals surface area (Å²) in [5, 5.41) is 12.4. The number of ether oxygens (including phenoxy) is 2. The molecular formula is C16H18N2O6S. The average molecular weight is 366 g/mol. The van der Waals surface area contributed by atoms with Gasteiger partial charge in [0.25, 0.3) is 5.91 Å². The second-order valence-corrected chi connectivity index (χ2v) is 8.22. The highest BCUT2D eigenvalue weighted by Gasteiger charge is 2.46.